The highest BCUT2D eigenvalue weighted by molar-refractivity contribution is 5.57. The van der Waals surface area contributed by atoms with Gasteiger partial charge in [0.25, 0.3) is 0 Å². The fourth-order valence-electron chi connectivity index (χ4n) is 2.34. The van der Waals surface area contributed by atoms with Crippen LogP contribution in [0.4, 0.5) is 5.69 Å². The molecule has 1 aromatic rings. The van der Waals surface area contributed by atoms with E-state index in [2.05, 4.69) is 60.3 Å². The fourth-order valence-corrected chi connectivity index (χ4v) is 2.34. The van der Waals surface area contributed by atoms with E-state index in [4.69, 9.17) is 5.73 Å². The van der Waals surface area contributed by atoms with Gasteiger partial charge < -0.3 is 5.73 Å². The molecule has 112 valence electrons. The molecule has 0 aromatic heterocycles. The lowest BCUT2D eigenvalue weighted by molar-refractivity contribution is 0.439. The van der Waals surface area contributed by atoms with E-state index in [0.717, 1.165) is 18.5 Å². The topological polar surface area (TPSA) is 26.0 Å². The number of allylic oxidation sites excluding steroid dienone is 1. The molecule has 0 spiro atoms. The molecule has 1 nitrogen and oxygen atoms in total. The second-order valence-electron chi connectivity index (χ2n) is 7.19. The summed E-state index contributed by atoms with van der Waals surface area (Å²) in [6, 6.07) is 4.58. The van der Waals surface area contributed by atoms with Crippen LogP contribution in [0.25, 0.3) is 0 Å². The first kappa shape index (κ1) is 16.8. The summed E-state index contributed by atoms with van der Waals surface area (Å²) < 4.78 is 0. The van der Waals surface area contributed by atoms with Crippen molar-refractivity contribution in [2.45, 2.75) is 66.2 Å². The minimum absolute atomic E-state index is 0.165. The van der Waals surface area contributed by atoms with Crippen LogP contribution in [-0.2, 0) is 6.42 Å². The molecular formula is C19H31N. The molecule has 0 aliphatic rings. The highest BCUT2D eigenvalue weighted by atomic mass is 14.6. The zero-order chi connectivity index (χ0) is 15.5. The minimum Gasteiger partial charge on any atom is -0.398 e. The van der Waals surface area contributed by atoms with Gasteiger partial charge in [0, 0.05) is 5.69 Å². The Morgan fingerprint density at radius 3 is 2.20 bits per heavy atom. The van der Waals surface area contributed by atoms with Gasteiger partial charge >= 0.3 is 0 Å². The van der Waals surface area contributed by atoms with Gasteiger partial charge in [-0.1, -0.05) is 59.8 Å². The first-order chi connectivity index (χ1) is 9.18. The number of hydrogen-bond acceptors (Lipinski definition) is 1. The van der Waals surface area contributed by atoms with Gasteiger partial charge in [-0.2, -0.15) is 0 Å². The number of aryl methyl sites for hydroxylation is 1. The van der Waals surface area contributed by atoms with Gasteiger partial charge in [-0.15, -0.1) is 6.58 Å². The second kappa shape index (κ2) is 6.47. The lowest BCUT2D eigenvalue weighted by Gasteiger charge is -2.22. The van der Waals surface area contributed by atoms with Gasteiger partial charge in [0.2, 0.25) is 0 Å². The molecule has 0 amide bonds. The highest BCUT2D eigenvalue weighted by Gasteiger charge is 2.17. The van der Waals surface area contributed by atoms with Gasteiger partial charge in [0.05, 0.1) is 0 Å². The van der Waals surface area contributed by atoms with Gasteiger partial charge in [0.15, 0.2) is 0 Å². The van der Waals surface area contributed by atoms with E-state index in [9.17, 15) is 0 Å². The first-order valence-corrected chi connectivity index (χ1v) is 7.73. The molecule has 0 radical (unpaired) electrons. The summed E-state index contributed by atoms with van der Waals surface area (Å²) in [4.78, 5) is 0. The third-order valence-corrected chi connectivity index (χ3v) is 4.20. The van der Waals surface area contributed by atoms with Crippen LogP contribution in [0.5, 0.6) is 0 Å². The Bertz CT molecular complexity index is 467. The molecule has 0 fully saturated rings. The molecule has 20 heavy (non-hydrogen) atoms. The average Bonchev–Trinajstić information content (AvgIpc) is 2.36. The van der Waals surface area contributed by atoms with Crippen molar-refractivity contribution in [3.63, 3.8) is 0 Å². The maximum Gasteiger partial charge on any atom is 0.0381 e. The summed E-state index contributed by atoms with van der Waals surface area (Å²) in [6.07, 6.45) is 4.14. The van der Waals surface area contributed by atoms with Crippen molar-refractivity contribution >= 4 is 5.69 Å². The number of rotatable bonds is 6. The van der Waals surface area contributed by atoms with Crippen LogP contribution in [0.15, 0.2) is 24.8 Å². The quantitative estimate of drug-likeness (QED) is 0.525. The SMILES string of the molecule is C=CC(C)(C)CCc1cc(C(C)C)cc(C(C)C)c1N. The Labute approximate surface area is 125 Å². The van der Waals surface area contributed by atoms with Crippen molar-refractivity contribution in [1.82, 2.24) is 0 Å². The van der Waals surface area contributed by atoms with Crippen molar-refractivity contribution in [2.24, 2.45) is 5.41 Å². The monoisotopic (exact) mass is 273 g/mol. The van der Waals surface area contributed by atoms with E-state index >= 15 is 0 Å². The number of anilines is 1. The number of nitrogen functional groups attached to an aromatic ring is 1. The zero-order valence-electron chi connectivity index (χ0n) is 14.1. The van der Waals surface area contributed by atoms with Crippen LogP contribution in [-0.4, -0.2) is 0 Å². The zero-order valence-corrected chi connectivity index (χ0v) is 14.1. The average molecular weight is 273 g/mol. The van der Waals surface area contributed by atoms with E-state index < -0.39 is 0 Å². The van der Waals surface area contributed by atoms with Gasteiger partial charge in [-0.25, -0.2) is 0 Å². The molecule has 1 heteroatoms. The number of benzene rings is 1. The Morgan fingerprint density at radius 2 is 1.75 bits per heavy atom. The van der Waals surface area contributed by atoms with E-state index in [1.807, 2.05) is 6.08 Å². The van der Waals surface area contributed by atoms with Gasteiger partial charge in [-0.05, 0) is 46.8 Å². The van der Waals surface area contributed by atoms with Crippen molar-refractivity contribution in [2.75, 3.05) is 5.73 Å². The number of hydrogen-bond donors (Lipinski definition) is 1. The smallest absolute Gasteiger partial charge is 0.0381 e. The molecule has 0 atom stereocenters. The third kappa shape index (κ3) is 4.13. The summed E-state index contributed by atoms with van der Waals surface area (Å²) in [5.41, 5.74) is 11.5. The van der Waals surface area contributed by atoms with E-state index in [-0.39, 0.29) is 5.41 Å². The van der Waals surface area contributed by atoms with E-state index in [0.29, 0.717) is 11.8 Å². The molecular weight excluding hydrogens is 242 g/mol. The first-order valence-electron chi connectivity index (χ1n) is 7.73. The Hall–Kier alpha value is -1.24. The molecule has 1 rings (SSSR count). The van der Waals surface area contributed by atoms with Gasteiger partial charge in [0.1, 0.15) is 0 Å². The minimum atomic E-state index is 0.165. The summed E-state index contributed by atoms with van der Waals surface area (Å²) in [5.74, 6) is 1.01. The largest absolute Gasteiger partial charge is 0.398 e. The molecule has 2 N–H and O–H groups in total. The standard InChI is InChI=1S/C19H31N/c1-8-19(6,7)10-9-15-11-16(13(2)3)12-17(14(4)5)18(15)20/h8,11-14H,1,9-10,20H2,2-7H3. The van der Waals surface area contributed by atoms with Gasteiger partial charge in [-0.3, -0.25) is 0 Å². The van der Waals surface area contributed by atoms with E-state index in [1.54, 1.807) is 0 Å². The van der Waals surface area contributed by atoms with Crippen molar-refractivity contribution in [3.8, 4) is 0 Å². The Morgan fingerprint density at radius 1 is 1.15 bits per heavy atom. The van der Waals surface area contributed by atoms with Crippen LogP contribution >= 0.6 is 0 Å². The van der Waals surface area contributed by atoms with Crippen LogP contribution in [0.3, 0.4) is 0 Å². The van der Waals surface area contributed by atoms with Crippen LogP contribution in [0.1, 0.15) is 76.5 Å². The Kier molecular flexibility index (Phi) is 5.44. The molecule has 0 saturated carbocycles. The van der Waals surface area contributed by atoms with Crippen LogP contribution in [0, 0.1) is 5.41 Å². The highest BCUT2D eigenvalue weighted by Crippen LogP contribution is 2.33. The van der Waals surface area contributed by atoms with Crippen LogP contribution < -0.4 is 5.73 Å². The normalized spacial score (nSPS) is 12.2. The third-order valence-electron chi connectivity index (χ3n) is 4.20. The molecule has 0 heterocycles. The molecule has 1 aromatic carbocycles. The number of nitrogens with two attached hydrogens (primary N) is 1. The summed E-state index contributed by atoms with van der Waals surface area (Å²) >= 11 is 0. The molecule has 0 bridgehead atoms. The summed E-state index contributed by atoms with van der Waals surface area (Å²) in [7, 11) is 0. The summed E-state index contributed by atoms with van der Waals surface area (Å²) in [5, 5.41) is 0. The van der Waals surface area contributed by atoms with Crippen LogP contribution in [0.2, 0.25) is 0 Å². The lowest BCUT2D eigenvalue weighted by atomic mass is 9.84. The maximum absolute atomic E-state index is 6.40. The molecule has 0 saturated heterocycles. The predicted molar refractivity (Wildman–Crippen MR) is 91.3 cm³/mol. The molecule has 0 aliphatic carbocycles. The second-order valence-corrected chi connectivity index (χ2v) is 7.19. The maximum atomic E-state index is 6.40. The summed E-state index contributed by atoms with van der Waals surface area (Å²) in [6.45, 7) is 17.3. The fraction of sp³-hybridized carbons (Fsp3) is 0.579. The Balaban J connectivity index is 3.14. The lowest BCUT2D eigenvalue weighted by Crippen LogP contribution is -2.11. The van der Waals surface area contributed by atoms with Crippen molar-refractivity contribution in [1.29, 1.82) is 0 Å². The van der Waals surface area contributed by atoms with Crippen molar-refractivity contribution < 1.29 is 0 Å². The van der Waals surface area contributed by atoms with E-state index in [1.165, 1.54) is 16.7 Å². The molecule has 0 aliphatic heterocycles. The molecule has 0 unspecified atom stereocenters. The van der Waals surface area contributed by atoms with Crippen molar-refractivity contribution in [3.05, 3.63) is 41.5 Å². The predicted octanol–water partition coefficient (Wildman–Crippen LogP) is 5.66.